The third-order valence-corrected chi connectivity index (χ3v) is 5.31. The Morgan fingerprint density at radius 2 is 1.95 bits per heavy atom. The number of aromatic nitrogens is 1. The van der Waals surface area contributed by atoms with Gasteiger partial charge in [-0.2, -0.15) is 0 Å². The highest BCUT2D eigenvalue weighted by Gasteiger charge is 2.31. The number of sulfone groups is 1. The maximum absolute atomic E-state index is 12.2. The number of anilines is 1. The van der Waals surface area contributed by atoms with Gasteiger partial charge in [0.1, 0.15) is 0 Å². The Kier molecular flexibility index (Phi) is 4.75. The second kappa shape index (κ2) is 5.78. The fraction of sp³-hybridized carbons (Fsp3) is 0.538. The van der Waals surface area contributed by atoms with Crippen molar-refractivity contribution in [2.75, 3.05) is 18.5 Å². The van der Waals surface area contributed by atoms with Gasteiger partial charge < -0.3 is 10.0 Å². The molecule has 20 heavy (non-hydrogen) atoms. The van der Waals surface area contributed by atoms with Gasteiger partial charge in [-0.1, -0.05) is 0 Å². The van der Waals surface area contributed by atoms with E-state index in [1.54, 1.807) is 38.8 Å². The van der Waals surface area contributed by atoms with Crippen LogP contribution in [-0.2, 0) is 14.6 Å². The Bertz CT molecular complexity index is 573. The molecule has 1 aromatic heterocycles. The van der Waals surface area contributed by atoms with E-state index in [-0.39, 0.29) is 11.4 Å². The molecule has 0 unspecified atom stereocenters. The molecule has 7 heteroatoms. The maximum atomic E-state index is 12.2. The monoisotopic (exact) mass is 300 g/mol. The topological polar surface area (TPSA) is 87.6 Å². The lowest BCUT2D eigenvalue weighted by Gasteiger charge is -2.20. The Morgan fingerprint density at radius 1 is 1.35 bits per heavy atom. The lowest BCUT2D eigenvalue weighted by atomic mass is 10.3. The van der Waals surface area contributed by atoms with Crippen molar-refractivity contribution in [2.24, 2.45) is 0 Å². The van der Waals surface area contributed by atoms with Crippen molar-refractivity contribution >= 4 is 21.5 Å². The minimum absolute atomic E-state index is 0.0124. The largest absolute Gasteiger partial charge is 0.481 e. The fourth-order valence-corrected chi connectivity index (χ4v) is 2.53. The molecule has 0 aliphatic rings. The zero-order valence-corrected chi connectivity index (χ0v) is 12.9. The molecule has 0 aliphatic heterocycles. The van der Waals surface area contributed by atoms with Gasteiger partial charge in [0, 0.05) is 13.6 Å². The summed E-state index contributed by atoms with van der Waals surface area (Å²) in [6, 6.07) is 3.08. The normalized spacial score (nSPS) is 12.2. The van der Waals surface area contributed by atoms with Crippen LogP contribution in [0.4, 0.5) is 5.69 Å². The van der Waals surface area contributed by atoms with Crippen molar-refractivity contribution in [3.05, 3.63) is 18.3 Å². The van der Waals surface area contributed by atoms with Crippen LogP contribution < -0.4 is 4.90 Å². The summed E-state index contributed by atoms with van der Waals surface area (Å²) in [5.74, 6) is -0.878. The van der Waals surface area contributed by atoms with Crippen LogP contribution >= 0.6 is 0 Å². The molecule has 0 aromatic carbocycles. The average molecular weight is 300 g/mol. The van der Waals surface area contributed by atoms with Crippen molar-refractivity contribution in [3.63, 3.8) is 0 Å². The fourth-order valence-electron chi connectivity index (χ4n) is 1.46. The molecule has 0 amide bonds. The molecule has 1 rings (SSSR count). The molecule has 0 aliphatic carbocycles. The van der Waals surface area contributed by atoms with Crippen molar-refractivity contribution in [3.8, 4) is 0 Å². The minimum atomic E-state index is -3.47. The summed E-state index contributed by atoms with van der Waals surface area (Å²) < 4.78 is 23.5. The van der Waals surface area contributed by atoms with E-state index in [4.69, 9.17) is 5.11 Å². The highest BCUT2D eigenvalue weighted by molar-refractivity contribution is 7.92. The van der Waals surface area contributed by atoms with Crippen LogP contribution in [0.2, 0.25) is 0 Å². The summed E-state index contributed by atoms with van der Waals surface area (Å²) >= 11 is 0. The van der Waals surface area contributed by atoms with Gasteiger partial charge in [-0.15, -0.1) is 0 Å². The predicted molar refractivity (Wildman–Crippen MR) is 76.7 cm³/mol. The summed E-state index contributed by atoms with van der Waals surface area (Å²) in [6.07, 6.45) is 1.46. The van der Waals surface area contributed by atoms with E-state index in [1.807, 2.05) is 0 Å². The highest BCUT2D eigenvalue weighted by atomic mass is 32.2. The van der Waals surface area contributed by atoms with E-state index < -0.39 is 20.6 Å². The zero-order valence-electron chi connectivity index (χ0n) is 12.1. The third-order valence-electron chi connectivity index (χ3n) is 2.90. The number of carbonyl (C=O) groups is 1. The van der Waals surface area contributed by atoms with Gasteiger partial charge in [-0.3, -0.25) is 4.79 Å². The number of carboxylic acids is 1. The van der Waals surface area contributed by atoms with Crippen LogP contribution in [-0.4, -0.2) is 42.8 Å². The quantitative estimate of drug-likeness (QED) is 0.888. The zero-order chi connectivity index (χ0) is 15.6. The second-order valence-corrected chi connectivity index (χ2v) is 8.19. The molecule has 112 valence electrons. The third kappa shape index (κ3) is 3.69. The van der Waals surface area contributed by atoms with E-state index in [1.165, 1.54) is 12.3 Å². The van der Waals surface area contributed by atoms with Gasteiger partial charge in [-0.05, 0) is 32.9 Å². The Morgan fingerprint density at radius 3 is 2.35 bits per heavy atom. The average Bonchev–Trinajstić information content (AvgIpc) is 2.34. The molecule has 1 aromatic rings. The van der Waals surface area contributed by atoms with E-state index in [0.717, 1.165) is 0 Å². The van der Waals surface area contributed by atoms with Gasteiger partial charge in [0.2, 0.25) is 0 Å². The second-order valence-electron chi connectivity index (χ2n) is 5.54. The van der Waals surface area contributed by atoms with Gasteiger partial charge in [-0.25, -0.2) is 13.4 Å². The molecule has 0 bridgehead atoms. The van der Waals surface area contributed by atoms with Crippen LogP contribution in [0.15, 0.2) is 23.4 Å². The van der Waals surface area contributed by atoms with Gasteiger partial charge in [0.25, 0.3) is 0 Å². The number of carboxylic acid groups (broad SMARTS) is 1. The highest BCUT2D eigenvalue weighted by Crippen LogP contribution is 2.24. The summed E-state index contributed by atoms with van der Waals surface area (Å²) in [4.78, 5) is 16.2. The van der Waals surface area contributed by atoms with Crippen molar-refractivity contribution in [1.82, 2.24) is 4.98 Å². The molecule has 6 nitrogen and oxygen atoms in total. The van der Waals surface area contributed by atoms with Crippen LogP contribution in [0.1, 0.15) is 27.2 Å². The first-order valence-corrected chi connectivity index (χ1v) is 7.67. The predicted octanol–water partition coefficient (Wildman–Crippen LogP) is 1.56. The summed E-state index contributed by atoms with van der Waals surface area (Å²) in [6.45, 7) is 5.20. The first kappa shape index (κ1) is 16.4. The molecule has 0 atom stereocenters. The first-order chi connectivity index (χ1) is 9.05. The van der Waals surface area contributed by atoms with Crippen LogP contribution in [0.5, 0.6) is 0 Å². The SMILES string of the molecule is CN(CCC(=O)O)c1ccc(S(=O)(=O)C(C)(C)C)nc1. The van der Waals surface area contributed by atoms with Crippen LogP contribution in [0, 0.1) is 0 Å². The molecule has 0 saturated carbocycles. The van der Waals surface area contributed by atoms with Crippen molar-refractivity contribution in [2.45, 2.75) is 37.0 Å². The first-order valence-electron chi connectivity index (χ1n) is 6.19. The van der Waals surface area contributed by atoms with Crippen molar-refractivity contribution < 1.29 is 18.3 Å². The summed E-state index contributed by atoms with van der Waals surface area (Å²) in [7, 11) is -1.73. The van der Waals surface area contributed by atoms with E-state index in [2.05, 4.69) is 4.98 Å². The van der Waals surface area contributed by atoms with Gasteiger partial charge >= 0.3 is 5.97 Å². The van der Waals surface area contributed by atoms with Gasteiger partial charge in [0.05, 0.1) is 23.1 Å². The Hall–Kier alpha value is -1.63. The number of hydrogen-bond donors (Lipinski definition) is 1. The number of rotatable bonds is 5. The minimum Gasteiger partial charge on any atom is -0.481 e. The Balaban J connectivity index is 2.92. The van der Waals surface area contributed by atoms with Crippen LogP contribution in [0.3, 0.4) is 0 Å². The molecule has 0 spiro atoms. The summed E-state index contributed by atoms with van der Waals surface area (Å²) in [5, 5.41) is 8.66. The maximum Gasteiger partial charge on any atom is 0.305 e. The van der Waals surface area contributed by atoms with E-state index in [0.29, 0.717) is 12.2 Å². The van der Waals surface area contributed by atoms with E-state index in [9.17, 15) is 13.2 Å². The number of hydrogen-bond acceptors (Lipinski definition) is 5. The molecular formula is C13H20N2O4S. The van der Waals surface area contributed by atoms with Crippen molar-refractivity contribution in [1.29, 1.82) is 0 Å². The molecule has 1 N–H and O–H groups in total. The molecule has 0 radical (unpaired) electrons. The van der Waals surface area contributed by atoms with E-state index >= 15 is 0 Å². The Labute approximate surface area is 119 Å². The number of nitrogens with zero attached hydrogens (tertiary/aromatic N) is 2. The van der Waals surface area contributed by atoms with Gasteiger partial charge in [0.15, 0.2) is 14.9 Å². The standard InChI is InChI=1S/C13H20N2O4S/c1-13(2,3)20(18,19)11-6-5-10(9-14-11)15(4)8-7-12(16)17/h5-6,9H,7-8H2,1-4H3,(H,16,17). The number of aliphatic carboxylic acids is 1. The van der Waals surface area contributed by atoms with Crippen LogP contribution in [0.25, 0.3) is 0 Å². The smallest absolute Gasteiger partial charge is 0.305 e. The summed E-state index contributed by atoms with van der Waals surface area (Å²) in [5.41, 5.74) is 0.680. The molecule has 1 heterocycles. The molecule has 0 saturated heterocycles. The molecule has 0 fully saturated rings. The lowest BCUT2D eigenvalue weighted by molar-refractivity contribution is -0.136. The lowest BCUT2D eigenvalue weighted by Crippen LogP contribution is -2.29. The number of pyridine rings is 1. The molecular weight excluding hydrogens is 280 g/mol.